The van der Waals surface area contributed by atoms with Gasteiger partial charge in [-0.15, -0.1) is 5.10 Å². The van der Waals surface area contributed by atoms with E-state index in [0.29, 0.717) is 22.3 Å². The number of hydrogen-bond donors (Lipinski definition) is 0. The number of aryl methyl sites for hydroxylation is 2. The first-order valence-electron chi connectivity index (χ1n) is 8.08. The van der Waals surface area contributed by atoms with Crippen molar-refractivity contribution in [2.24, 2.45) is 0 Å². The normalized spacial score (nSPS) is 11.2. The minimum atomic E-state index is -0.0973. The molecule has 0 amide bonds. The van der Waals surface area contributed by atoms with Crippen molar-refractivity contribution in [2.75, 3.05) is 0 Å². The SMILES string of the molecule is Cc1ccc(-n2nnnc2SCc2cc(=O)n3ccccc3n2)cc1C. The summed E-state index contributed by atoms with van der Waals surface area (Å²) in [6.45, 7) is 4.13. The second-order valence-electron chi connectivity index (χ2n) is 5.95. The zero-order valence-corrected chi connectivity index (χ0v) is 15.1. The van der Waals surface area contributed by atoms with E-state index < -0.39 is 0 Å². The molecule has 3 heterocycles. The summed E-state index contributed by atoms with van der Waals surface area (Å²) in [6, 6.07) is 13.1. The number of thioether (sulfide) groups is 1. The monoisotopic (exact) mass is 364 g/mol. The van der Waals surface area contributed by atoms with Crippen LogP contribution in [0.25, 0.3) is 11.3 Å². The topological polar surface area (TPSA) is 78.0 Å². The van der Waals surface area contributed by atoms with Gasteiger partial charge < -0.3 is 0 Å². The van der Waals surface area contributed by atoms with Gasteiger partial charge in [0, 0.05) is 18.0 Å². The Balaban J connectivity index is 1.61. The van der Waals surface area contributed by atoms with Gasteiger partial charge in [0.2, 0.25) is 5.16 Å². The van der Waals surface area contributed by atoms with Crippen LogP contribution in [0.2, 0.25) is 0 Å². The number of aromatic nitrogens is 6. The maximum atomic E-state index is 12.2. The van der Waals surface area contributed by atoms with Crippen molar-refractivity contribution in [3.05, 3.63) is 75.8 Å². The van der Waals surface area contributed by atoms with Gasteiger partial charge in [0.25, 0.3) is 5.56 Å². The molecule has 4 rings (SSSR count). The fraction of sp³-hybridized carbons (Fsp3) is 0.167. The van der Waals surface area contributed by atoms with E-state index in [2.05, 4.69) is 40.4 Å². The molecule has 0 aliphatic carbocycles. The van der Waals surface area contributed by atoms with Gasteiger partial charge >= 0.3 is 0 Å². The number of pyridine rings is 1. The first kappa shape index (κ1) is 16.5. The molecule has 26 heavy (non-hydrogen) atoms. The van der Waals surface area contributed by atoms with Crippen molar-refractivity contribution in [1.29, 1.82) is 0 Å². The van der Waals surface area contributed by atoms with Gasteiger partial charge in [0.1, 0.15) is 5.65 Å². The number of nitrogens with zero attached hydrogens (tertiary/aromatic N) is 6. The fourth-order valence-corrected chi connectivity index (χ4v) is 3.39. The van der Waals surface area contributed by atoms with Crippen molar-refractivity contribution in [3.8, 4) is 5.69 Å². The van der Waals surface area contributed by atoms with Crippen LogP contribution in [-0.2, 0) is 5.75 Å². The van der Waals surface area contributed by atoms with Crippen LogP contribution in [0.15, 0.2) is 58.6 Å². The second-order valence-corrected chi connectivity index (χ2v) is 6.89. The minimum absolute atomic E-state index is 0.0973. The second kappa shape index (κ2) is 6.72. The average molecular weight is 364 g/mol. The Labute approximate surface area is 153 Å². The van der Waals surface area contributed by atoms with Gasteiger partial charge in [-0.3, -0.25) is 9.20 Å². The van der Waals surface area contributed by atoms with Crippen LogP contribution in [0.5, 0.6) is 0 Å². The van der Waals surface area contributed by atoms with Crippen LogP contribution in [-0.4, -0.2) is 29.6 Å². The predicted octanol–water partition coefficient (Wildman–Crippen LogP) is 2.58. The number of fused-ring (bicyclic) bond motifs is 1. The van der Waals surface area contributed by atoms with Gasteiger partial charge in [-0.25, -0.2) is 4.98 Å². The first-order chi connectivity index (χ1) is 12.6. The Hall–Kier alpha value is -3.00. The van der Waals surface area contributed by atoms with Crippen molar-refractivity contribution in [2.45, 2.75) is 24.8 Å². The average Bonchev–Trinajstić information content (AvgIpc) is 3.11. The Bertz CT molecular complexity index is 1150. The predicted molar refractivity (Wildman–Crippen MR) is 99.7 cm³/mol. The zero-order chi connectivity index (χ0) is 18.1. The summed E-state index contributed by atoms with van der Waals surface area (Å²) < 4.78 is 3.22. The molecule has 0 unspecified atom stereocenters. The minimum Gasteiger partial charge on any atom is -0.269 e. The van der Waals surface area contributed by atoms with Crippen LogP contribution in [0.1, 0.15) is 16.8 Å². The van der Waals surface area contributed by atoms with E-state index >= 15 is 0 Å². The van der Waals surface area contributed by atoms with Gasteiger partial charge in [-0.05, 0) is 59.7 Å². The molecule has 0 aliphatic rings. The van der Waals surface area contributed by atoms with Gasteiger partial charge in [-0.1, -0.05) is 23.9 Å². The lowest BCUT2D eigenvalue weighted by Gasteiger charge is -2.07. The molecule has 0 atom stereocenters. The Morgan fingerprint density at radius 1 is 1.08 bits per heavy atom. The summed E-state index contributed by atoms with van der Waals surface area (Å²) in [6.07, 6.45) is 1.71. The zero-order valence-electron chi connectivity index (χ0n) is 14.3. The number of tetrazole rings is 1. The molecular formula is C18H16N6OS. The molecule has 0 radical (unpaired) electrons. The van der Waals surface area contributed by atoms with Gasteiger partial charge in [0.15, 0.2) is 0 Å². The van der Waals surface area contributed by atoms with Crippen LogP contribution >= 0.6 is 11.8 Å². The molecule has 0 aliphatic heterocycles. The molecule has 0 spiro atoms. The van der Waals surface area contributed by atoms with Crippen LogP contribution in [0.3, 0.4) is 0 Å². The number of benzene rings is 1. The van der Waals surface area contributed by atoms with Crippen molar-refractivity contribution < 1.29 is 0 Å². The molecule has 4 aromatic rings. The number of hydrogen-bond acceptors (Lipinski definition) is 6. The summed E-state index contributed by atoms with van der Waals surface area (Å²) >= 11 is 1.45. The molecular weight excluding hydrogens is 348 g/mol. The number of rotatable bonds is 4. The third-order valence-electron chi connectivity index (χ3n) is 4.15. The smallest absolute Gasteiger partial charge is 0.258 e. The van der Waals surface area contributed by atoms with Crippen LogP contribution < -0.4 is 5.56 Å². The third kappa shape index (κ3) is 3.11. The Morgan fingerprint density at radius 3 is 2.81 bits per heavy atom. The third-order valence-corrected chi connectivity index (χ3v) is 5.10. The van der Waals surface area contributed by atoms with Gasteiger partial charge in [-0.2, -0.15) is 4.68 Å². The largest absolute Gasteiger partial charge is 0.269 e. The van der Waals surface area contributed by atoms with E-state index in [1.54, 1.807) is 16.9 Å². The summed E-state index contributed by atoms with van der Waals surface area (Å²) in [5.41, 5.74) is 4.53. The van der Waals surface area contributed by atoms with Gasteiger partial charge in [0.05, 0.1) is 11.4 Å². The van der Waals surface area contributed by atoms with E-state index in [-0.39, 0.29) is 5.56 Å². The van der Waals surface area contributed by atoms with Crippen molar-refractivity contribution >= 4 is 17.4 Å². The van der Waals surface area contributed by atoms with E-state index in [0.717, 1.165) is 5.69 Å². The highest BCUT2D eigenvalue weighted by atomic mass is 32.2. The van der Waals surface area contributed by atoms with Crippen LogP contribution in [0, 0.1) is 13.8 Å². The maximum absolute atomic E-state index is 12.2. The molecule has 7 nitrogen and oxygen atoms in total. The fourth-order valence-electron chi connectivity index (χ4n) is 2.60. The molecule has 0 saturated carbocycles. The lowest BCUT2D eigenvalue weighted by molar-refractivity contribution is 0.755. The molecule has 0 bridgehead atoms. The highest BCUT2D eigenvalue weighted by molar-refractivity contribution is 7.98. The van der Waals surface area contributed by atoms with E-state index in [4.69, 9.17) is 0 Å². The van der Waals surface area contributed by atoms with E-state index in [1.165, 1.54) is 27.3 Å². The first-order valence-corrected chi connectivity index (χ1v) is 9.06. The maximum Gasteiger partial charge on any atom is 0.258 e. The highest BCUT2D eigenvalue weighted by Gasteiger charge is 2.11. The quantitative estimate of drug-likeness (QED) is 0.518. The Morgan fingerprint density at radius 2 is 1.96 bits per heavy atom. The van der Waals surface area contributed by atoms with Crippen molar-refractivity contribution in [1.82, 2.24) is 29.6 Å². The molecule has 0 saturated heterocycles. The van der Waals surface area contributed by atoms with E-state index in [9.17, 15) is 4.79 Å². The molecule has 0 N–H and O–H groups in total. The van der Waals surface area contributed by atoms with Crippen LogP contribution in [0.4, 0.5) is 0 Å². The lowest BCUT2D eigenvalue weighted by Crippen LogP contribution is -2.14. The van der Waals surface area contributed by atoms with E-state index in [1.807, 2.05) is 30.3 Å². The summed E-state index contributed by atoms with van der Waals surface area (Å²) in [5.74, 6) is 0.506. The van der Waals surface area contributed by atoms with Crippen molar-refractivity contribution in [3.63, 3.8) is 0 Å². The molecule has 0 fully saturated rings. The highest BCUT2D eigenvalue weighted by Crippen LogP contribution is 2.22. The standard InChI is InChI=1S/C18H16N6OS/c1-12-6-7-15(9-13(12)2)24-18(20-21-22-24)26-11-14-10-17(25)23-8-4-3-5-16(23)19-14/h3-10H,11H2,1-2H3. The summed E-state index contributed by atoms with van der Waals surface area (Å²) in [4.78, 5) is 16.7. The Kier molecular flexibility index (Phi) is 4.26. The molecule has 1 aromatic carbocycles. The molecule has 8 heteroatoms. The lowest BCUT2D eigenvalue weighted by atomic mass is 10.1. The summed E-state index contributed by atoms with van der Waals surface area (Å²) in [7, 11) is 0. The molecule has 130 valence electrons. The summed E-state index contributed by atoms with van der Waals surface area (Å²) in [5, 5.41) is 12.6. The molecule has 3 aromatic heterocycles.